The van der Waals surface area contributed by atoms with E-state index >= 15 is 0 Å². The predicted octanol–water partition coefficient (Wildman–Crippen LogP) is 1.31. The normalized spacial score (nSPS) is 21.4. The van der Waals surface area contributed by atoms with Gasteiger partial charge in [-0.25, -0.2) is 8.42 Å². The topological polar surface area (TPSA) is 111 Å². The van der Waals surface area contributed by atoms with Crippen LogP contribution >= 0.6 is 0 Å². The maximum Gasteiger partial charge on any atom is 0.245 e. The standard InChI is InChI=1S/C15H20N4O4S2/c1-10(9-20)16-15(21)11-4-3-7-19(8-11)25(22,23)13-6-2-5-12-14(13)18-24-17-12/h2,5-6,10-11,20H,3-4,7-9H2,1H3,(H,16,21)/t10-,11+/m1/s1. The first-order valence-corrected chi connectivity index (χ1v) is 10.2. The zero-order valence-corrected chi connectivity index (χ0v) is 15.4. The lowest BCUT2D eigenvalue weighted by molar-refractivity contribution is -0.127. The van der Waals surface area contributed by atoms with Crippen LogP contribution < -0.4 is 5.32 Å². The number of rotatable bonds is 5. The third-order valence-electron chi connectivity index (χ3n) is 4.28. The highest BCUT2D eigenvalue weighted by atomic mass is 32.2. The van der Waals surface area contributed by atoms with Crippen LogP contribution in [0.2, 0.25) is 0 Å². The molecule has 10 heteroatoms. The molecule has 136 valence electrons. The van der Waals surface area contributed by atoms with E-state index in [0.717, 1.165) is 11.4 Å². The van der Waals surface area contributed by atoms with E-state index in [4.69, 9.17) is 5.11 Å². The van der Waals surface area contributed by atoms with Crippen LogP contribution in [0.3, 0.4) is 0 Å². The summed E-state index contributed by atoms with van der Waals surface area (Å²) >= 11 is 0.974. The third kappa shape index (κ3) is 3.66. The molecule has 2 heterocycles. The number of sulfonamides is 1. The van der Waals surface area contributed by atoms with Crippen molar-refractivity contribution >= 4 is 38.7 Å². The highest BCUT2D eigenvalue weighted by Crippen LogP contribution is 2.39. The van der Waals surface area contributed by atoms with E-state index in [1.54, 1.807) is 19.1 Å². The molecule has 1 fully saturated rings. The summed E-state index contributed by atoms with van der Waals surface area (Å²) in [4.78, 5) is 12.4. The van der Waals surface area contributed by atoms with Crippen molar-refractivity contribution in [3.05, 3.63) is 18.2 Å². The van der Waals surface area contributed by atoms with Crippen LogP contribution in [0, 0.1) is 5.92 Å². The summed E-state index contributed by atoms with van der Waals surface area (Å²) in [5.74, 6) is -0.653. The van der Waals surface area contributed by atoms with Crippen LogP contribution in [0.15, 0.2) is 31.8 Å². The molecule has 2 aliphatic rings. The first-order chi connectivity index (χ1) is 11.9. The van der Waals surface area contributed by atoms with E-state index in [2.05, 4.69) is 14.0 Å². The van der Waals surface area contributed by atoms with Gasteiger partial charge in [-0.2, -0.15) is 13.0 Å². The number of hydrogen-bond acceptors (Lipinski definition) is 6. The number of carbonyl (C=O) groups is 1. The van der Waals surface area contributed by atoms with Crippen molar-refractivity contribution in [3.63, 3.8) is 0 Å². The quantitative estimate of drug-likeness (QED) is 0.809. The van der Waals surface area contributed by atoms with Gasteiger partial charge in [0.25, 0.3) is 0 Å². The molecule has 1 aromatic rings. The molecule has 0 radical (unpaired) electrons. The third-order valence-corrected chi connectivity index (χ3v) is 6.72. The summed E-state index contributed by atoms with van der Waals surface area (Å²) in [7, 11) is -3.75. The number of hydrogen-bond donors (Lipinski definition) is 2. The number of aliphatic hydroxyl groups excluding tert-OH is 1. The molecule has 0 unspecified atom stereocenters. The first-order valence-electron chi connectivity index (χ1n) is 8.06. The Morgan fingerprint density at radius 2 is 2.28 bits per heavy atom. The van der Waals surface area contributed by atoms with E-state index in [-0.39, 0.29) is 30.0 Å². The Morgan fingerprint density at radius 1 is 1.48 bits per heavy atom. The molecule has 8 nitrogen and oxygen atoms in total. The second-order valence-electron chi connectivity index (χ2n) is 6.18. The van der Waals surface area contributed by atoms with Crippen LogP contribution in [0.1, 0.15) is 19.8 Å². The molecule has 2 aliphatic heterocycles. The van der Waals surface area contributed by atoms with Crippen molar-refractivity contribution in [2.75, 3.05) is 19.7 Å². The fraction of sp³-hybridized carbons (Fsp3) is 0.533. The van der Waals surface area contributed by atoms with Gasteiger partial charge in [-0.05, 0) is 31.9 Å². The molecule has 25 heavy (non-hydrogen) atoms. The number of nitrogens with one attached hydrogen (secondary N) is 1. The van der Waals surface area contributed by atoms with Gasteiger partial charge >= 0.3 is 0 Å². The number of nitrogens with zero attached hydrogens (tertiary/aromatic N) is 3. The van der Waals surface area contributed by atoms with E-state index in [1.165, 1.54) is 10.4 Å². The van der Waals surface area contributed by atoms with Gasteiger partial charge in [0, 0.05) is 19.1 Å². The fourth-order valence-electron chi connectivity index (χ4n) is 2.91. The largest absolute Gasteiger partial charge is 0.394 e. The average molecular weight is 384 g/mol. The molecule has 2 atom stereocenters. The van der Waals surface area contributed by atoms with Crippen molar-refractivity contribution in [3.8, 4) is 0 Å². The van der Waals surface area contributed by atoms with E-state index in [9.17, 15) is 13.2 Å². The van der Waals surface area contributed by atoms with Gasteiger partial charge in [-0.15, -0.1) is 0 Å². The minimum absolute atomic E-state index is 0.125. The fourth-order valence-corrected chi connectivity index (χ4v) is 5.19. The Kier molecular flexibility index (Phi) is 5.32. The van der Waals surface area contributed by atoms with Gasteiger partial charge in [0.2, 0.25) is 15.9 Å². The highest BCUT2D eigenvalue weighted by Gasteiger charge is 2.35. The summed E-state index contributed by atoms with van der Waals surface area (Å²) in [5, 5.41) is 11.8. The molecule has 0 saturated carbocycles. The molecule has 3 rings (SSSR count). The monoisotopic (exact) mass is 384 g/mol. The van der Waals surface area contributed by atoms with Gasteiger partial charge < -0.3 is 10.4 Å². The van der Waals surface area contributed by atoms with Gasteiger partial charge in [0.1, 0.15) is 16.3 Å². The minimum Gasteiger partial charge on any atom is -0.394 e. The average Bonchev–Trinajstić information content (AvgIpc) is 3.10. The van der Waals surface area contributed by atoms with E-state index in [0.29, 0.717) is 30.8 Å². The van der Waals surface area contributed by atoms with Crippen molar-refractivity contribution in [1.29, 1.82) is 0 Å². The van der Waals surface area contributed by atoms with Crippen molar-refractivity contribution in [2.24, 2.45) is 14.6 Å². The summed E-state index contributed by atoms with van der Waals surface area (Å²) < 4.78 is 35.6. The Morgan fingerprint density at radius 3 is 3.04 bits per heavy atom. The van der Waals surface area contributed by atoms with Crippen molar-refractivity contribution < 1.29 is 18.3 Å². The molecule has 2 N–H and O–H groups in total. The SMILES string of the molecule is C[C@H](CO)NC(=O)[C@H]1CCCN(S(=O)(=O)c2cccc3c2N=S=N3)C1. The number of aliphatic hydroxyl groups is 1. The predicted molar refractivity (Wildman–Crippen MR) is 94.2 cm³/mol. The summed E-state index contributed by atoms with van der Waals surface area (Å²) in [6.07, 6.45) is 1.23. The lowest BCUT2D eigenvalue weighted by Crippen LogP contribution is -2.47. The molecular weight excluding hydrogens is 364 g/mol. The second-order valence-corrected chi connectivity index (χ2v) is 8.62. The van der Waals surface area contributed by atoms with Gasteiger partial charge in [-0.3, -0.25) is 4.79 Å². The molecule has 0 spiro atoms. The van der Waals surface area contributed by atoms with Crippen LogP contribution in [0.4, 0.5) is 11.4 Å². The summed E-state index contributed by atoms with van der Waals surface area (Å²) in [5.41, 5.74) is 0.919. The first kappa shape index (κ1) is 18.2. The minimum atomic E-state index is -3.75. The Labute approximate surface area is 150 Å². The summed E-state index contributed by atoms with van der Waals surface area (Å²) in [6, 6.07) is 4.54. The van der Waals surface area contributed by atoms with Crippen LogP contribution in [-0.4, -0.2) is 49.5 Å². The van der Waals surface area contributed by atoms with Crippen LogP contribution in [0.5, 0.6) is 0 Å². The second kappa shape index (κ2) is 7.32. The smallest absolute Gasteiger partial charge is 0.245 e. The number of benzene rings is 1. The van der Waals surface area contributed by atoms with E-state index in [1.807, 2.05) is 0 Å². The zero-order valence-electron chi connectivity index (χ0n) is 13.8. The lowest BCUT2D eigenvalue weighted by Gasteiger charge is -2.31. The van der Waals surface area contributed by atoms with Crippen molar-refractivity contribution in [2.45, 2.75) is 30.7 Å². The number of carbonyl (C=O) groups excluding carboxylic acids is 1. The Bertz CT molecular complexity index is 849. The number of fused-ring (bicyclic) bond motifs is 1. The Hall–Kier alpha value is -1.62. The molecular formula is C15H20N4O4S2. The van der Waals surface area contributed by atoms with Crippen LogP contribution in [0.25, 0.3) is 0 Å². The number of piperidine rings is 1. The zero-order chi connectivity index (χ0) is 18.0. The van der Waals surface area contributed by atoms with Crippen LogP contribution in [-0.2, 0) is 26.2 Å². The van der Waals surface area contributed by atoms with E-state index < -0.39 is 15.9 Å². The van der Waals surface area contributed by atoms with Gasteiger partial charge in [0.15, 0.2) is 0 Å². The maximum absolute atomic E-state index is 13.0. The van der Waals surface area contributed by atoms with Crippen molar-refractivity contribution in [1.82, 2.24) is 9.62 Å². The molecule has 1 aromatic carbocycles. The Balaban J connectivity index is 1.80. The maximum atomic E-state index is 13.0. The molecule has 1 amide bonds. The van der Waals surface area contributed by atoms with Gasteiger partial charge in [0.05, 0.1) is 23.9 Å². The highest BCUT2D eigenvalue weighted by molar-refractivity contribution is 7.89. The number of amides is 1. The molecule has 0 aliphatic carbocycles. The molecule has 0 bridgehead atoms. The molecule has 0 aromatic heterocycles. The van der Waals surface area contributed by atoms with Gasteiger partial charge in [-0.1, -0.05) is 6.07 Å². The summed E-state index contributed by atoms with van der Waals surface area (Å²) in [6.45, 7) is 2.04. The molecule has 1 saturated heterocycles. The lowest BCUT2D eigenvalue weighted by atomic mass is 9.98.